The van der Waals surface area contributed by atoms with E-state index in [0.29, 0.717) is 5.17 Å². The minimum Gasteiger partial charge on any atom is -0.496 e. The summed E-state index contributed by atoms with van der Waals surface area (Å²) in [5, 5.41) is 8.66. The molecule has 0 unspecified atom stereocenters. The van der Waals surface area contributed by atoms with Crippen LogP contribution in [0.25, 0.3) is 0 Å². The smallest absolute Gasteiger partial charge is 0.180 e. The van der Waals surface area contributed by atoms with E-state index in [9.17, 15) is 0 Å². The second-order valence-electron chi connectivity index (χ2n) is 5.52. The lowest BCUT2D eigenvalue weighted by Crippen LogP contribution is -2.06. The average molecular weight is 341 g/mol. The van der Waals surface area contributed by atoms with Gasteiger partial charge < -0.3 is 10.5 Å². The number of methoxy groups -OCH3 is 1. The van der Waals surface area contributed by atoms with Gasteiger partial charge in [0.05, 0.1) is 13.3 Å². The van der Waals surface area contributed by atoms with Crippen molar-refractivity contribution in [3.63, 3.8) is 0 Å². The number of rotatable bonds is 5. The van der Waals surface area contributed by atoms with Gasteiger partial charge in [-0.25, -0.2) is 0 Å². The van der Waals surface area contributed by atoms with E-state index in [-0.39, 0.29) is 0 Å². The van der Waals surface area contributed by atoms with E-state index in [0.717, 1.165) is 33.8 Å². The summed E-state index contributed by atoms with van der Waals surface area (Å²) in [5.74, 6) is 1.71. The summed E-state index contributed by atoms with van der Waals surface area (Å²) in [6.45, 7) is 6.12. The molecule has 2 rings (SSSR count). The van der Waals surface area contributed by atoms with Crippen molar-refractivity contribution in [3.8, 4) is 5.75 Å². The van der Waals surface area contributed by atoms with Gasteiger partial charge in [-0.15, -0.1) is 5.10 Å². The molecule has 0 fully saturated rings. The van der Waals surface area contributed by atoms with E-state index in [2.05, 4.69) is 29.3 Å². The van der Waals surface area contributed by atoms with Gasteiger partial charge in [-0.3, -0.25) is 0 Å². The molecule has 0 saturated heterocycles. The third-order valence-electron chi connectivity index (χ3n) is 3.85. The van der Waals surface area contributed by atoms with Crippen molar-refractivity contribution < 1.29 is 4.74 Å². The maximum absolute atomic E-state index is 5.91. The summed E-state index contributed by atoms with van der Waals surface area (Å²) in [6, 6.07) is 12.2. The number of nitrogens with zero attached hydrogens (tertiary/aromatic N) is 2. The Balaban J connectivity index is 2.05. The Morgan fingerprint density at radius 2 is 1.88 bits per heavy atom. The van der Waals surface area contributed by atoms with Crippen LogP contribution in [0.1, 0.15) is 27.8 Å². The lowest BCUT2D eigenvalue weighted by Gasteiger charge is -2.13. The summed E-state index contributed by atoms with van der Waals surface area (Å²) in [5.41, 5.74) is 11.5. The van der Waals surface area contributed by atoms with Crippen molar-refractivity contribution in [1.82, 2.24) is 0 Å². The first kappa shape index (κ1) is 18.1. The molecule has 0 spiro atoms. The Morgan fingerprint density at radius 3 is 2.54 bits per heavy atom. The van der Waals surface area contributed by atoms with E-state index in [1.807, 2.05) is 38.1 Å². The highest BCUT2D eigenvalue weighted by Crippen LogP contribution is 2.27. The molecule has 24 heavy (non-hydrogen) atoms. The highest BCUT2D eigenvalue weighted by molar-refractivity contribution is 8.13. The molecule has 5 heteroatoms. The lowest BCUT2D eigenvalue weighted by atomic mass is 9.99. The van der Waals surface area contributed by atoms with Crippen molar-refractivity contribution in [2.24, 2.45) is 15.9 Å². The fraction of sp³-hybridized carbons (Fsp3) is 0.263. The second kappa shape index (κ2) is 8.55. The molecular formula is C19H23N3OS. The molecular weight excluding hydrogens is 318 g/mol. The lowest BCUT2D eigenvalue weighted by molar-refractivity contribution is 0.408. The third kappa shape index (κ3) is 4.61. The number of amidine groups is 1. The standard InChI is InChI=1S/C19H23N3OS/c1-13-10-17(14(2)15(3)18(13)23-4)11-21-22-19(20)24-12-16-8-6-5-7-9-16/h5-11H,12H2,1-4H3,(H2,20,22). The van der Waals surface area contributed by atoms with Gasteiger partial charge in [-0.05, 0) is 54.7 Å². The van der Waals surface area contributed by atoms with Gasteiger partial charge in [0.15, 0.2) is 5.17 Å². The topological polar surface area (TPSA) is 60.0 Å². The van der Waals surface area contributed by atoms with E-state index < -0.39 is 0 Å². The van der Waals surface area contributed by atoms with E-state index in [4.69, 9.17) is 10.5 Å². The molecule has 0 amide bonds. The summed E-state index contributed by atoms with van der Waals surface area (Å²) in [4.78, 5) is 0. The zero-order chi connectivity index (χ0) is 17.5. The molecule has 0 radical (unpaired) electrons. The minimum absolute atomic E-state index is 0.453. The van der Waals surface area contributed by atoms with Crippen LogP contribution < -0.4 is 10.5 Å². The quantitative estimate of drug-likeness (QED) is 0.504. The Kier molecular flexibility index (Phi) is 6.44. The zero-order valence-corrected chi connectivity index (χ0v) is 15.4. The maximum Gasteiger partial charge on any atom is 0.180 e. The van der Waals surface area contributed by atoms with Gasteiger partial charge in [-0.1, -0.05) is 42.1 Å². The number of hydrogen-bond acceptors (Lipinski definition) is 4. The highest BCUT2D eigenvalue weighted by atomic mass is 32.2. The van der Waals surface area contributed by atoms with E-state index in [1.165, 1.54) is 17.3 Å². The van der Waals surface area contributed by atoms with Crippen molar-refractivity contribution in [2.75, 3.05) is 7.11 Å². The number of nitrogens with two attached hydrogens (primary N) is 1. The van der Waals surface area contributed by atoms with E-state index in [1.54, 1.807) is 13.3 Å². The number of hydrogen-bond donors (Lipinski definition) is 1. The maximum atomic E-state index is 5.91. The highest BCUT2D eigenvalue weighted by Gasteiger charge is 2.09. The number of benzene rings is 2. The molecule has 0 bridgehead atoms. The Labute approximate surface area is 147 Å². The Hall–Kier alpha value is -2.27. The van der Waals surface area contributed by atoms with Crippen molar-refractivity contribution in [1.29, 1.82) is 0 Å². The van der Waals surface area contributed by atoms with Gasteiger partial charge in [-0.2, -0.15) is 5.10 Å². The normalized spacial score (nSPS) is 11.9. The summed E-state index contributed by atoms with van der Waals surface area (Å²) < 4.78 is 5.43. The molecule has 0 aliphatic carbocycles. The van der Waals surface area contributed by atoms with Crippen LogP contribution in [0.5, 0.6) is 5.75 Å². The van der Waals surface area contributed by atoms with Gasteiger partial charge in [0, 0.05) is 5.75 Å². The summed E-state index contributed by atoms with van der Waals surface area (Å²) in [7, 11) is 1.69. The van der Waals surface area contributed by atoms with Crippen LogP contribution in [0.4, 0.5) is 0 Å². The average Bonchev–Trinajstić information content (AvgIpc) is 2.59. The molecule has 0 aromatic heterocycles. The monoisotopic (exact) mass is 341 g/mol. The molecule has 2 aromatic rings. The number of aryl methyl sites for hydroxylation is 1. The molecule has 0 atom stereocenters. The van der Waals surface area contributed by atoms with Gasteiger partial charge >= 0.3 is 0 Å². The van der Waals surface area contributed by atoms with Crippen molar-refractivity contribution in [2.45, 2.75) is 26.5 Å². The summed E-state index contributed by atoms with van der Waals surface area (Å²) in [6.07, 6.45) is 1.74. The molecule has 0 saturated carbocycles. The first-order chi connectivity index (χ1) is 11.5. The molecule has 0 heterocycles. The first-order valence-electron chi connectivity index (χ1n) is 7.71. The molecule has 2 N–H and O–H groups in total. The van der Waals surface area contributed by atoms with Crippen LogP contribution in [0.3, 0.4) is 0 Å². The minimum atomic E-state index is 0.453. The first-order valence-corrected chi connectivity index (χ1v) is 8.69. The van der Waals surface area contributed by atoms with Crippen molar-refractivity contribution >= 4 is 23.1 Å². The largest absolute Gasteiger partial charge is 0.496 e. The summed E-state index contributed by atoms with van der Waals surface area (Å²) >= 11 is 1.48. The van der Waals surface area contributed by atoms with Crippen LogP contribution in [-0.4, -0.2) is 18.5 Å². The Morgan fingerprint density at radius 1 is 1.17 bits per heavy atom. The predicted molar refractivity (Wildman–Crippen MR) is 104 cm³/mol. The predicted octanol–water partition coefficient (Wildman–Crippen LogP) is 4.20. The van der Waals surface area contributed by atoms with Gasteiger partial charge in [0.1, 0.15) is 5.75 Å². The van der Waals surface area contributed by atoms with Crippen molar-refractivity contribution in [3.05, 3.63) is 64.2 Å². The van der Waals surface area contributed by atoms with E-state index >= 15 is 0 Å². The second-order valence-corrected chi connectivity index (χ2v) is 6.52. The number of thioether (sulfide) groups is 1. The molecule has 4 nitrogen and oxygen atoms in total. The van der Waals surface area contributed by atoms with Crippen LogP contribution in [0.15, 0.2) is 46.6 Å². The van der Waals surface area contributed by atoms with Crippen LogP contribution in [0, 0.1) is 20.8 Å². The fourth-order valence-electron chi connectivity index (χ4n) is 2.45. The molecule has 0 aliphatic rings. The SMILES string of the molecule is COc1c(C)cc(C=NN=C(N)SCc2ccccc2)c(C)c1C. The van der Waals surface area contributed by atoms with Gasteiger partial charge in [0.25, 0.3) is 0 Å². The molecule has 2 aromatic carbocycles. The Bertz CT molecular complexity index is 755. The third-order valence-corrected chi connectivity index (χ3v) is 4.71. The number of ether oxygens (including phenoxy) is 1. The zero-order valence-electron chi connectivity index (χ0n) is 14.5. The van der Waals surface area contributed by atoms with Crippen LogP contribution in [-0.2, 0) is 5.75 Å². The van der Waals surface area contributed by atoms with Crippen LogP contribution >= 0.6 is 11.8 Å². The van der Waals surface area contributed by atoms with Gasteiger partial charge in [0.2, 0.25) is 0 Å². The molecule has 126 valence electrons. The van der Waals surface area contributed by atoms with Crippen LogP contribution in [0.2, 0.25) is 0 Å². The molecule has 0 aliphatic heterocycles. The fourth-order valence-corrected chi connectivity index (χ4v) is 3.06.